The van der Waals surface area contributed by atoms with Crippen molar-refractivity contribution in [1.82, 2.24) is 5.32 Å². The second kappa shape index (κ2) is 5.98. The first-order valence-electron chi connectivity index (χ1n) is 6.33. The molecule has 1 aliphatic rings. The Hall–Kier alpha value is -1.39. The monoisotopic (exact) mass is 249 g/mol. The van der Waals surface area contributed by atoms with Crippen molar-refractivity contribution in [1.29, 1.82) is 0 Å². The maximum absolute atomic E-state index is 11.6. The molecular weight excluding hydrogens is 230 g/mol. The first-order valence-corrected chi connectivity index (χ1v) is 6.33. The minimum atomic E-state index is -0.312. The van der Waals surface area contributed by atoms with E-state index >= 15 is 0 Å². The van der Waals surface area contributed by atoms with Crippen LogP contribution in [0.15, 0.2) is 24.3 Å². The molecule has 0 aliphatic carbocycles. The molecule has 1 N–H and O–H groups in total. The maximum atomic E-state index is 11.6. The zero-order valence-corrected chi connectivity index (χ0v) is 10.8. The lowest BCUT2D eigenvalue weighted by atomic mass is 10.1. The van der Waals surface area contributed by atoms with Gasteiger partial charge in [-0.3, -0.25) is 5.32 Å². The van der Waals surface area contributed by atoms with Gasteiger partial charge in [-0.25, -0.2) is 4.79 Å². The molecule has 4 heteroatoms. The van der Waals surface area contributed by atoms with E-state index in [1.807, 2.05) is 32.0 Å². The Bertz CT molecular complexity index is 417. The van der Waals surface area contributed by atoms with Crippen LogP contribution in [0.2, 0.25) is 0 Å². The lowest BCUT2D eigenvalue weighted by Crippen LogP contribution is -2.23. The van der Waals surface area contributed by atoms with Gasteiger partial charge in [0, 0.05) is 18.7 Å². The molecule has 1 unspecified atom stereocenters. The summed E-state index contributed by atoms with van der Waals surface area (Å²) in [6, 6.07) is 7.47. The normalized spacial score (nSPS) is 17.9. The second-order valence-corrected chi connectivity index (χ2v) is 4.60. The number of carbonyl (C=O) groups is 1. The van der Waals surface area contributed by atoms with E-state index in [9.17, 15) is 4.79 Å². The third-order valence-electron chi connectivity index (χ3n) is 2.79. The SMILES string of the molecule is CC(C)OCCCNC1OC(=O)c2ccccc21. The molecule has 0 amide bonds. The van der Waals surface area contributed by atoms with Gasteiger partial charge in [-0.15, -0.1) is 0 Å². The van der Waals surface area contributed by atoms with Crippen LogP contribution in [0.5, 0.6) is 0 Å². The predicted molar refractivity (Wildman–Crippen MR) is 68.3 cm³/mol. The van der Waals surface area contributed by atoms with E-state index in [2.05, 4.69) is 5.32 Å². The number of esters is 1. The molecule has 0 saturated heterocycles. The van der Waals surface area contributed by atoms with Gasteiger partial charge in [0.2, 0.25) is 0 Å². The number of nitrogens with one attached hydrogen (secondary N) is 1. The third kappa shape index (κ3) is 3.09. The highest BCUT2D eigenvalue weighted by molar-refractivity contribution is 5.93. The number of fused-ring (bicyclic) bond motifs is 1. The molecule has 4 nitrogen and oxygen atoms in total. The molecule has 0 aromatic heterocycles. The summed E-state index contributed by atoms with van der Waals surface area (Å²) in [4.78, 5) is 11.6. The summed E-state index contributed by atoms with van der Waals surface area (Å²) in [5.41, 5.74) is 1.58. The zero-order chi connectivity index (χ0) is 13.0. The van der Waals surface area contributed by atoms with Crippen LogP contribution in [0.4, 0.5) is 0 Å². The van der Waals surface area contributed by atoms with Crippen molar-refractivity contribution in [3.05, 3.63) is 35.4 Å². The minimum absolute atomic E-state index is 0.249. The molecule has 1 heterocycles. The number of carbonyl (C=O) groups excluding carboxylic acids is 1. The van der Waals surface area contributed by atoms with Crippen molar-refractivity contribution in [2.24, 2.45) is 0 Å². The Morgan fingerprint density at radius 2 is 2.17 bits per heavy atom. The Labute approximate surface area is 107 Å². The van der Waals surface area contributed by atoms with Gasteiger partial charge in [-0.1, -0.05) is 18.2 Å². The van der Waals surface area contributed by atoms with Crippen molar-refractivity contribution >= 4 is 5.97 Å². The number of hydrogen-bond acceptors (Lipinski definition) is 4. The van der Waals surface area contributed by atoms with E-state index in [1.165, 1.54) is 0 Å². The number of cyclic esters (lactones) is 1. The van der Waals surface area contributed by atoms with Crippen LogP contribution in [0.25, 0.3) is 0 Å². The average molecular weight is 249 g/mol. The highest BCUT2D eigenvalue weighted by Gasteiger charge is 2.29. The molecule has 1 atom stereocenters. The van der Waals surface area contributed by atoms with Gasteiger partial charge in [-0.2, -0.15) is 0 Å². The highest BCUT2D eigenvalue weighted by atomic mass is 16.6. The van der Waals surface area contributed by atoms with E-state index in [4.69, 9.17) is 9.47 Å². The Kier molecular flexibility index (Phi) is 4.33. The summed E-state index contributed by atoms with van der Waals surface area (Å²) in [5.74, 6) is -0.249. The number of ether oxygens (including phenoxy) is 2. The van der Waals surface area contributed by atoms with Crippen LogP contribution in [0, 0.1) is 0 Å². The van der Waals surface area contributed by atoms with Crippen molar-refractivity contribution < 1.29 is 14.3 Å². The lowest BCUT2D eigenvalue weighted by Gasteiger charge is -2.13. The van der Waals surface area contributed by atoms with Gasteiger partial charge in [0.15, 0.2) is 6.23 Å². The van der Waals surface area contributed by atoms with Gasteiger partial charge in [0.05, 0.1) is 11.7 Å². The molecule has 1 aromatic carbocycles. The van der Waals surface area contributed by atoms with Gasteiger partial charge in [0.25, 0.3) is 0 Å². The molecule has 98 valence electrons. The van der Waals surface area contributed by atoms with Gasteiger partial charge in [-0.05, 0) is 26.3 Å². The van der Waals surface area contributed by atoms with Gasteiger partial charge in [0.1, 0.15) is 0 Å². The standard InChI is InChI=1S/C14H19NO3/c1-10(2)17-9-5-8-15-13-11-6-3-4-7-12(11)14(16)18-13/h3-4,6-7,10,13,15H,5,8-9H2,1-2H3. The summed E-state index contributed by atoms with van der Waals surface area (Å²) in [6.07, 6.45) is 0.844. The number of benzene rings is 1. The first kappa shape index (κ1) is 13.1. The molecular formula is C14H19NO3. The van der Waals surface area contributed by atoms with Crippen LogP contribution < -0.4 is 5.32 Å². The number of rotatable bonds is 6. The van der Waals surface area contributed by atoms with E-state index in [0.717, 1.165) is 18.5 Å². The summed E-state index contributed by atoms with van der Waals surface area (Å²) in [7, 11) is 0. The summed E-state index contributed by atoms with van der Waals surface area (Å²) in [6.45, 7) is 5.51. The summed E-state index contributed by atoms with van der Waals surface area (Å²) in [5, 5.41) is 3.22. The summed E-state index contributed by atoms with van der Waals surface area (Å²) < 4.78 is 10.7. The topological polar surface area (TPSA) is 47.6 Å². The van der Waals surface area contributed by atoms with Crippen molar-refractivity contribution in [2.75, 3.05) is 13.2 Å². The lowest BCUT2D eigenvalue weighted by molar-refractivity contribution is 0.0293. The third-order valence-corrected chi connectivity index (χ3v) is 2.79. The fraction of sp³-hybridized carbons (Fsp3) is 0.500. The molecule has 1 aliphatic heterocycles. The fourth-order valence-corrected chi connectivity index (χ4v) is 1.92. The quantitative estimate of drug-likeness (QED) is 0.620. The largest absolute Gasteiger partial charge is 0.439 e. The average Bonchev–Trinajstić information content (AvgIpc) is 2.66. The predicted octanol–water partition coefficient (Wildman–Crippen LogP) is 2.26. The fourth-order valence-electron chi connectivity index (χ4n) is 1.92. The van der Waals surface area contributed by atoms with Crippen LogP contribution in [-0.2, 0) is 9.47 Å². The Morgan fingerprint density at radius 3 is 2.94 bits per heavy atom. The first-order chi connectivity index (χ1) is 8.68. The zero-order valence-electron chi connectivity index (χ0n) is 10.8. The molecule has 18 heavy (non-hydrogen) atoms. The molecule has 0 bridgehead atoms. The van der Waals surface area contributed by atoms with Gasteiger partial charge < -0.3 is 9.47 Å². The van der Waals surface area contributed by atoms with Crippen LogP contribution in [0.3, 0.4) is 0 Å². The molecule has 0 spiro atoms. The molecule has 2 rings (SSSR count). The molecule has 0 saturated carbocycles. The maximum Gasteiger partial charge on any atom is 0.340 e. The van der Waals surface area contributed by atoms with Crippen molar-refractivity contribution in [3.63, 3.8) is 0 Å². The molecule has 1 aromatic rings. The smallest absolute Gasteiger partial charge is 0.340 e. The van der Waals surface area contributed by atoms with E-state index < -0.39 is 0 Å². The highest BCUT2D eigenvalue weighted by Crippen LogP contribution is 2.27. The van der Waals surface area contributed by atoms with Crippen LogP contribution in [-0.4, -0.2) is 25.2 Å². The van der Waals surface area contributed by atoms with Gasteiger partial charge >= 0.3 is 5.97 Å². The van der Waals surface area contributed by atoms with E-state index in [-0.39, 0.29) is 18.3 Å². The molecule has 0 fully saturated rings. The molecule has 0 radical (unpaired) electrons. The number of hydrogen-bond donors (Lipinski definition) is 1. The van der Waals surface area contributed by atoms with Crippen LogP contribution in [0.1, 0.15) is 42.4 Å². The summed E-state index contributed by atoms with van der Waals surface area (Å²) >= 11 is 0. The Balaban J connectivity index is 1.80. The Morgan fingerprint density at radius 1 is 1.39 bits per heavy atom. The second-order valence-electron chi connectivity index (χ2n) is 4.60. The van der Waals surface area contributed by atoms with E-state index in [1.54, 1.807) is 6.07 Å². The van der Waals surface area contributed by atoms with Crippen molar-refractivity contribution in [2.45, 2.75) is 32.6 Å². The van der Waals surface area contributed by atoms with Crippen molar-refractivity contribution in [3.8, 4) is 0 Å². The minimum Gasteiger partial charge on any atom is -0.439 e. The van der Waals surface area contributed by atoms with Crippen LogP contribution >= 0.6 is 0 Å². The van der Waals surface area contributed by atoms with E-state index in [0.29, 0.717) is 12.2 Å².